The number of hydrogen-bond acceptors (Lipinski definition) is 3. The van der Waals surface area contributed by atoms with Crippen LogP contribution in [0.2, 0.25) is 0 Å². The molecule has 0 saturated carbocycles. The van der Waals surface area contributed by atoms with E-state index >= 15 is 0 Å². The Morgan fingerprint density at radius 3 is 2.20 bits per heavy atom. The van der Waals surface area contributed by atoms with Crippen molar-refractivity contribution in [1.82, 2.24) is 0 Å². The molecule has 0 aliphatic carbocycles. The normalized spacial score (nSPS) is 11.3. The van der Waals surface area contributed by atoms with Crippen LogP contribution in [0.25, 0.3) is 0 Å². The molecular formula is C14H15FN2O2S. The molecule has 0 fully saturated rings. The lowest BCUT2D eigenvalue weighted by Gasteiger charge is -2.10. The van der Waals surface area contributed by atoms with Crippen molar-refractivity contribution >= 4 is 21.4 Å². The van der Waals surface area contributed by atoms with Crippen molar-refractivity contribution < 1.29 is 12.8 Å². The maximum Gasteiger partial charge on any atom is 0.261 e. The van der Waals surface area contributed by atoms with Crippen LogP contribution in [-0.4, -0.2) is 8.42 Å². The average molecular weight is 294 g/mol. The molecule has 20 heavy (non-hydrogen) atoms. The molecule has 0 bridgehead atoms. The van der Waals surface area contributed by atoms with Gasteiger partial charge in [-0.2, -0.15) is 0 Å². The van der Waals surface area contributed by atoms with Crippen LogP contribution in [0.5, 0.6) is 0 Å². The molecule has 3 N–H and O–H groups in total. The first-order chi connectivity index (χ1) is 9.28. The van der Waals surface area contributed by atoms with E-state index in [4.69, 9.17) is 5.73 Å². The Balaban J connectivity index is 2.37. The van der Waals surface area contributed by atoms with Crippen molar-refractivity contribution in [1.29, 1.82) is 0 Å². The molecule has 6 heteroatoms. The molecule has 4 nitrogen and oxygen atoms in total. The van der Waals surface area contributed by atoms with Gasteiger partial charge < -0.3 is 5.73 Å². The minimum atomic E-state index is -3.83. The molecule has 106 valence electrons. The number of nitrogens with one attached hydrogen (secondary N) is 1. The highest BCUT2D eigenvalue weighted by molar-refractivity contribution is 7.92. The third-order valence-corrected chi connectivity index (χ3v) is 4.14. The largest absolute Gasteiger partial charge is 0.396 e. The lowest BCUT2D eigenvalue weighted by Crippen LogP contribution is -2.13. The molecule has 0 aliphatic rings. The van der Waals surface area contributed by atoms with E-state index in [1.165, 1.54) is 12.1 Å². The van der Waals surface area contributed by atoms with Gasteiger partial charge in [-0.3, -0.25) is 4.72 Å². The van der Waals surface area contributed by atoms with Gasteiger partial charge in [-0.1, -0.05) is 6.07 Å². The van der Waals surface area contributed by atoms with Gasteiger partial charge in [0.05, 0.1) is 10.6 Å². The summed E-state index contributed by atoms with van der Waals surface area (Å²) in [4.78, 5) is -0.164. The zero-order valence-electron chi connectivity index (χ0n) is 11.1. The van der Waals surface area contributed by atoms with Crippen LogP contribution < -0.4 is 10.5 Å². The molecular weight excluding hydrogens is 279 g/mol. The summed E-state index contributed by atoms with van der Waals surface area (Å²) in [6.07, 6.45) is 0. The number of halogens is 1. The van der Waals surface area contributed by atoms with Crippen LogP contribution in [-0.2, 0) is 10.0 Å². The molecule has 0 radical (unpaired) electrons. The van der Waals surface area contributed by atoms with Gasteiger partial charge in [0, 0.05) is 5.69 Å². The van der Waals surface area contributed by atoms with Crippen molar-refractivity contribution in [2.75, 3.05) is 10.5 Å². The quantitative estimate of drug-likeness (QED) is 0.855. The van der Waals surface area contributed by atoms with Gasteiger partial charge in [-0.05, 0) is 55.3 Å². The summed E-state index contributed by atoms with van der Waals surface area (Å²) < 4.78 is 40.1. The minimum absolute atomic E-state index is 0.0876. The van der Waals surface area contributed by atoms with Crippen LogP contribution in [0.4, 0.5) is 15.8 Å². The van der Waals surface area contributed by atoms with Crippen LogP contribution in [0, 0.1) is 19.7 Å². The summed E-state index contributed by atoms with van der Waals surface area (Å²) in [5.41, 5.74) is 7.56. The summed E-state index contributed by atoms with van der Waals surface area (Å²) in [6.45, 7) is 3.74. The smallest absolute Gasteiger partial charge is 0.261 e. The molecule has 0 atom stereocenters. The van der Waals surface area contributed by atoms with E-state index in [-0.39, 0.29) is 10.6 Å². The lowest BCUT2D eigenvalue weighted by molar-refractivity contribution is 0.596. The van der Waals surface area contributed by atoms with Crippen LogP contribution >= 0.6 is 0 Å². The first kappa shape index (κ1) is 14.3. The van der Waals surface area contributed by atoms with Gasteiger partial charge in [0.25, 0.3) is 10.0 Å². The summed E-state index contributed by atoms with van der Waals surface area (Å²) in [6, 6.07) is 8.74. The van der Waals surface area contributed by atoms with Crippen LogP contribution in [0.15, 0.2) is 41.3 Å². The Bertz CT molecular complexity index is 738. The third-order valence-electron chi connectivity index (χ3n) is 2.76. The Hall–Kier alpha value is -2.08. The fourth-order valence-corrected chi connectivity index (χ4v) is 2.97. The van der Waals surface area contributed by atoms with E-state index in [2.05, 4.69) is 4.72 Å². The second-order valence-electron chi connectivity index (χ2n) is 4.67. The van der Waals surface area contributed by atoms with E-state index in [1.54, 1.807) is 12.1 Å². The molecule has 0 amide bonds. The average Bonchev–Trinajstić information content (AvgIpc) is 2.30. The monoisotopic (exact) mass is 294 g/mol. The van der Waals surface area contributed by atoms with Crippen molar-refractivity contribution in [3.05, 3.63) is 53.3 Å². The van der Waals surface area contributed by atoms with Crippen LogP contribution in [0.3, 0.4) is 0 Å². The summed E-state index contributed by atoms with van der Waals surface area (Å²) in [7, 11) is -3.83. The number of aryl methyl sites for hydroxylation is 2. The predicted octanol–water partition coefficient (Wildman–Crippen LogP) is 2.83. The van der Waals surface area contributed by atoms with E-state index < -0.39 is 15.8 Å². The highest BCUT2D eigenvalue weighted by Gasteiger charge is 2.16. The van der Waals surface area contributed by atoms with Gasteiger partial charge in [0.1, 0.15) is 5.82 Å². The summed E-state index contributed by atoms with van der Waals surface area (Å²) >= 11 is 0. The van der Waals surface area contributed by atoms with Crippen molar-refractivity contribution in [2.45, 2.75) is 18.7 Å². The van der Waals surface area contributed by atoms with Crippen molar-refractivity contribution in [3.8, 4) is 0 Å². The number of hydrogen-bond donors (Lipinski definition) is 2. The maximum absolute atomic E-state index is 13.4. The highest BCUT2D eigenvalue weighted by atomic mass is 32.2. The first-order valence-electron chi connectivity index (χ1n) is 5.94. The number of nitrogens with two attached hydrogens (primary N) is 1. The Morgan fingerprint density at radius 1 is 1.05 bits per heavy atom. The Morgan fingerprint density at radius 2 is 1.65 bits per heavy atom. The number of sulfonamides is 1. The molecule has 0 aromatic heterocycles. The molecule has 0 aliphatic heterocycles. The number of benzene rings is 2. The van der Waals surface area contributed by atoms with Gasteiger partial charge in [0.2, 0.25) is 0 Å². The Kier molecular flexibility index (Phi) is 3.67. The molecule has 2 aromatic carbocycles. The van der Waals surface area contributed by atoms with Gasteiger partial charge in [0.15, 0.2) is 0 Å². The second kappa shape index (κ2) is 5.13. The molecule has 2 rings (SSSR count). The van der Waals surface area contributed by atoms with Gasteiger partial charge in [-0.25, -0.2) is 12.8 Å². The summed E-state index contributed by atoms with van der Waals surface area (Å²) in [5.74, 6) is -0.756. The molecule has 0 spiro atoms. The van der Waals surface area contributed by atoms with Gasteiger partial charge >= 0.3 is 0 Å². The second-order valence-corrected chi connectivity index (χ2v) is 6.35. The molecule has 2 aromatic rings. The zero-order valence-corrected chi connectivity index (χ0v) is 12.0. The molecule has 0 heterocycles. The standard InChI is InChI=1S/C14H15FN2O2S/c1-9-5-10(2)7-11(6-9)17-20(18,19)12-3-4-14(16)13(15)8-12/h3-8,17H,16H2,1-2H3. The summed E-state index contributed by atoms with van der Waals surface area (Å²) in [5, 5.41) is 0. The SMILES string of the molecule is Cc1cc(C)cc(NS(=O)(=O)c2ccc(N)c(F)c2)c1. The van der Waals surface area contributed by atoms with E-state index in [9.17, 15) is 12.8 Å². The number of anilines is 2. The predicted molar refractivity (Wildman–Crippen MR) is 77.5 cm³/mol. The third kappa shape index (κ3) is 3.08. The van der Waals surface area contributed by atoms with Crippen molar-refractivity contribution in [3.63, 3.8) is 0 Å². The number of nitrogen functional groups attached to an aromatic ring is 1. The van der Waals surface area contributed by atoms with E-state index in [0.29, 0.717) is 5.69 Å². The highest BCUT2D eigenvalue weighted by Crippen LogP contribution is 2.21. The lowest BCUT2D eigenvalue weighted by atomic mass is 10.1. The topological polar surface area (TPSA) is 72.2 Å². The molecule has 0 unspecified atom stereocenters. The van der Waals surface area contributed by atoms with E-state index in [0.717, 1.165) is 17.2 Å². The zero-order chi connectivity index (χ0) is 14.9. The fourth-order valence-electron chi connectivity index (χ4n) is 1.92. The van der Waals surface area contributed by atoms with Crippen molar-refractivity contribution in [2.24, 2.45) is 0 Å². The minimum Gasteiger partial charge on any atom is -0.396 e. The Labute approximate surface area is 117 Å². The van der Waals surface area contributed by atoms with Crippen LogP contribution in [0.1, 0.15) is 11.1 Å². The van der Waals surface area contributed by atoms with E-state index in [1.807, 2.05) is 19.9 Å². The molecule has 0 saturated heterocycles. The maximum atomic E-state index is 13.4. The first-order valence-corrected chi connectivity index (χ1v) is 7.42. The van der Waals surface area contributed by atoms with Gasteiger partial charge in [-0.15, -0.1) is 0 Å². The fraction of sp³-hybridized carbons (Fsp3) is 0.143. The number of rotatable bonds is 3.